The van der Waals surface area contributed by atoms with E-state index in [4.69, 9.17) is 28.8 Å². The van der Waals surface area contributed by atoms with Crippen molar-refractivity contribution in [2.45, 2.75) is 55.4 Å². The minimum Gasteiger partial charge on any atom is -0.399 e. The van der Waals surface area contributed by atoms with Crippen LogP contribution in [0.2, 0.25) is 0 Å². The first-order valence-corrected chi connectivity index (χ1v) is 38.6. The van der Waals surface area contributed by atoms with E-state index in [1.807, 2.05) is 150 Å². The van der Waals surface area contributed by atoms with Crippen molar-refractivity contribution in [1.82, 2.24) is 79.0 Å². The van der Waals surface area contributed by atoms with Crippen molar-refractivity contribution in [3.05, 3.63) is 313 Å². The van der Waals surface area contributed by atoms with Gasteiger partial charge in [-0.15, -0.1) is 0 Å². The van der Waals surface area contributed by atoms with E-state index in [0.29, 0.717) is 68.1 Å². The normalized spacial score (nSPS) is 11.2. The Labute approximate surface area is 693 Å². The summed E-state index contributed by atoms with van der Waals surface area (Å²) in [5.41, 5.74) is 43.4. The molecule has 8 aromatic carbocycles. The third kappa shape index (κ3) is 14.3. The number of H-pyrrole nitrogens is 4. The Bertz CT molecular complexity index is 7040. The molecular weight excluding hydrogens is 1550 g/mol. The molecule has 11 N–H and O–H groups in total. The monoisotopic (exact) mass is 1630 g/mol. The molecule has 0 atom stereocenters. The lowest BCUT2D eigenvalue weighted by molar-refractivity contribution is -0.112. The number of amides is 1. The van der Waals surface area contributed by atoms with E-state index in [-0.39, 0.29) is 17.5 Å². The highest BCUT2D eigenvalue weighted by Crippen LogP contribution is 2.47. The fraction of sp³-hybridized carbons (Fsp3) is 0.0851. The number of allylic oxidation sites excluding steroid dienone is 1. The molecule has 0 unspecified atom stereocenters. The fourth-order valence-corrected chi connectivity index (χ4v) is 16.3. The molecule has 0 fully saturated rings. The SMILES string of the molecule is C=CC(=O)Cl.C=CC(=O)Nc1ccc(-n2c(C)c(-c3c(C)ccc4[nH]ncc34)c3cccnc32)c(F)c1.Cc1ccc2[nH]ncc2c1-c1c(C)n(-c2ccc(N)cc2F)c2ncccc12.Cc1ccc2[nH]ncc2c1-c1c(C)n(-c2ccc(N)cc2F)c2ncccc12.Cc1ccc2[nH]ncc2c1-c1c(C)n(-c2ccc(N)cc2F)c2ncccc12. The highest BCUT2D eigenvalue weighted by atomic mass is 35.5. The number of nitrogens with zero attached hydrogens (tertiary/aromatic N) is 12. The molecule has 12 heterocycles. The summed E-state index contributed by atoms with van der Waals surface area (Å²) in [6.07, 6.45) is 16.4. The predicted octanol–water partition coefficient (Wildman–Crippen LogP) is 21.1. The van der Waals surface area contributed by atoms with E-state index in [1.54, 1.807) is 73.3 Å². The standard InChI is InChI=1S/C25H20FN5O.3C22H18FN5.C3H3ClO/c1-4-22(32)29-16-8-10-21(19(26)12-16)31-15(3)24(17-6-5-11-27-25(17)31)23-14(2)7-9-20-18(23)13-28-30-20;3*1-12-5-7-18-16(11-26-27-18)20(12)21-13(2)28(22-15(21)4-3-9-25-22)19-8-6-14(24)10-17(19)23;1-2-3(4)5/h4-13H,1H2,2-3H3,(H,28,30)(H,29,32);3*3-11H,24H2,1-2H3,(H,26,27);2H,1H2. The zero-order chi connectivity index (χ0) is 84.9. The van der Waals surface area contributed by atoms with Crippen LogP contribution in [0.15, 0.2) is 245 Å². The number of fused-ring (bicyclic) bond motifs is 8. The summed E-state index contributed by atoms with van der Waals surface area (Å²) in [6.45, 7) is 22.7. The summed E-state index contributed by atoms with van der Waals surface area (Å²) in [7, 11) is 0. The van der Waals surface area contributed by atoms with Crippen LogP contribution < -0.4 is 22.5 Å². The second-order valence-electron chi connectivity index (χ2n) is 29.0. The Balaban J connectivity index is 0.000000118. The van der Waals surface area contributed by atoms with Gasteiger partial charge in [0.05, 0.1) is 69.6 Å². The third-order valence-electron chi connectivity index (χ3n) is 21.6. The summed E-state index contributed by atoms with van der Waals surface area (Å²) in [4.78, 5) is 39.3. The highest BCUT2D eigenvalue weighted by Gasteiger charge is 2.29. The number of nitrogens with one attached hydrogen (secondary N) is 5. The summed E-state index contributed by atoms with van der Waals surface area (Å²) in [5.74, 6) is -2.00. The molecule has 0 aliphatic heterocycles. The molecule has 600 valence electrons. The molecule has 0 bridgehead atoms. The van der Waals surface area contributed by atoms with Gasteiger partial charge in [0, 0.05) is 136 Å². The molecule has 20 rings (SSSR count). The maximum Gasteiger partial charge on any atom is 0.247 e. The van der Waals surface area contributed by atoms with Crippen LogP contribution in [0.1, 0.15) is 45.0 Å². The number of hydrogen-bond acceptors (Lipinski definition) is 13. The van der Waals surface area contributed by atoms with Crippen LogP contribution in [0.4, 0.5) is 40.3 Å². The molecule has 121 heavy (non-hydrogen) atoms. The van der Waals surface area contributed by atoms with Crippen molar-refractivity contribution in [3.63, 3.8) is 0 Å². The van der Waals surface area contributed by atoms with Gasteiger partial charge in [0.1, 0.15) is 45.9 Å². The molecule has 27 heteroatoms. The summed E-state index contributed by atoms with van der Waals surface area (Å²) in [5, 5.41) is 38.9. The number of halogens is 5. The molecule has 22 nitrogen and oxygen atoms in total. The van der Waals surface area contributed by atoms with Gasteiger partial charge in [0.15, 0.2) is 0 Å². The molecule has 12 aromatic heterocycles. The molecule has 0 spiro atoms. The molecule has 1 amide bonds. The van der Waals surface area contributed by atoms with Crippen molar-refractivity contribution in [2.24, 2.45) is 0 Å². The lowest BCUT2D eigenvalue weighted by Crippen LogP contribution is -2.08. The predicted molar refractivity (Wildman–Crippen MR) is 475 cm³/mol. The van der Waals surface area contributed by atoms with E-state index >= 15 is 4.39 Å². The maximum atomic E-state index is 15.3. The second-order valence-corrected chi connectivity index (χ2v) is 29.4. The number of rotatable bonds is 11. The minimum absolute atomic E-state index is 0.353. The Kier molecular flexibility index (Phi) is 21.3. The van der Waals surface area contributed by atoms with E-state index in [2.05, 4.69) is 125 Å². The number of nitrogen functional groups attached to an aromatic ring is 3. The fourth-order valence-electron chi connectivity index (χ4n) is 16.3. The quantitative estimate of drug-likeness (QED) is 0.0259. The number of aryl methyl sites for hydroxylation is 4. The van der Waals surface area contributed by atoms with Gasteiger partial charge in [0.2, 0.25) is 11.1 Å². The van der Waals surface area contributed by atoms with Gasteiger partial charge >= 0.3 is 0 Å². The number of aromatic nitrogens is 16. The molecule has 0 aliphatic carbocycles. The molecule has 0 saturated heterocycles. The van der Waals surface area contributed by atoms with Crippen LogP contribution >= 0.6 is 11.6 Å². The van der Waals surface area contributed by atoms with Gasteiger partial charge in [-0.05, 0) is 269 Å². The van der Waals surface area contributed by atoms with E-state index < -0.39 is 17.0 Å². The minimum atomic E-state index is -0.509. The van der Waals surface area contributed by atoms with Crippen LogP contribution in [-0.4, -0.2) is 90.1 Å². The van der Waals surface area contributed by atoms with Gasteiger partial charge in [-0.2, -0.15) is 20.4 Å². The van der Waals surface area contributed by atoms with Gasteiger partial charge in [-0.25, -0.2) is 37.5 Å². The van der Waals surface area contributed by atoms with Crippen LogP contribution in [0.25, 0.3) is 155 Å². The average Bonchev–Trinajstić information content (AvgIpc) is 1.60. The number of carbonyl (C=O) groups is 2. The number of anilines is 4. The first kappa shape index (κ1) is 79.3. The number of aromatic amines is 4. The van der Waals surface area contributed by atoms with Crippen LogP contribution in [0.5, 0.6) is 0 Å². The van der Waals surface area contributed by atoms with Gasteiger partial charge in [-0.3, -0.25) is 48.3 Å². The summed E-state index contributed by atoms with van der Waals surface area (Å²) < 4.78 is 67.0. The zero-order valence-corrected chi connectivity index (χ0v) is 67.4. The Morgan fingerprint density at radius 2 is 0.612 bits per heavy atom. The summed E-state index contributed by atoms with van der Waals surface area (Å²) >= 11 is 4.71. The lowest BCUT2D eigenvalue weighted by Gasteiger charge is -2.12. The van der Waals surface area contributed by atoms with Gasteiger partial charge in [-0.1, -0.05) is 37.4 Å². The average molecular weight is 1630 g/mol. The molecular formula is C94H77ClF4N20O2. The smallest absolute Gasteiger partial charge is 0.247 e. The number of carbonyl (C=O) groups excluding carboxylic acids is 2. The second kappa shape index (κ2) is 32.5. The largest absolute Gasteiger partial charge is 0.399 e. The Morgan fingerprint density at radius 3 is 0.851 bits per heavy atom. The Hall–Kier alpha value is -15.6. The van der Waals surface area contributed by atoms with E-state index in [1.165, 1.54) is 24.3 Å². The molecule has 20 aromatic rings. The topological polar surface area (TPSA) is 310 Å². The van der Waals surface area contributed by atoms with E-state index in [9.17, 15) is 22.8 Å². The van der Waals surface area contributed by atoms with Gasteiger partial charge < -0.3 is 22.5 Å². The molecule has 0 aliphatic rings. The third-order valence-corrected chi connectivity index (χ3v) is 21.8. The number of pyridine rings is 4. The van der Waals surface area contributed by atoms with Crippen molar-refractivity contribution in [2.75, 3.05) is 22.5 Å². The van der Waals surface area contributed by atoms with Gasteiger partial charge in [0.25, 0.3) is 0 Å². The van der Waals surface area contributed by atoms with Crippen molar-refractivity contribution < 1.29 is 27.2 Å². The van der Waals surface area contributed by atoms with Crippen LogP contribution in [0, 0.1) is 78.7 Å². The molecule has 0 saturated carbocycles. The van der Waals surface area contributed by atoms with Crippen LogP contribution in [0.3, 0.4) is 0 Å². The van der Waals surface area contributed by atoms with Crippen LogP contribution in [-0.2, 0) is 9.59 Å². The zero-order valence-electron chi connectivity index (χ0n) is 66.7. The molecule has 0 radical (unpaired) electrons. The number of hydrogen-bond donors (Lipinski definition) is 8. The maximum absolute atomic E-state index is 15.3. The number of nitrogens with two attached hydrogens (primary N) is 3. The number of benzene rings is 8. The summed E-state index contributed by atoms with van der Waals surface area (Å²) in [6, 6.07) is 50.8. The first-order chi connectivity index (χ1) is 58.4. The van der Waals surface area contributed by atoms with Crippen molar-refractivity contribution >= 4 is 133 Å². The first-order valence-electron chi connectivity index (χ1n) is 38.2. The Morgan fingerprint density at radius 1 is 0.355 bits per heavy atom. The van der Waals surface area contributed by atoms with Crippen molar-refractivity contribution in [3.8, 4) is 67.3 Å². The highest BCUT2D eigenvalue weighted by molar-refractivity contribution is 6.66. The lowest BCUT2D eigenvalue weighted by atomic mass is 9.95. The van der Waals surface area contributed by atoms with E-state index in [0.717, 1.165) is 167 Å². The van der Waals surface area contributed by atoms with Crippen molar-refractivity contribution in [1.29, 1.82) is 0 Å².